The molecule has 0 aromatic carbocycles. The van der Waals surface area contributed by atoms with Crippen molar-refractivity contribution in [3.63, 3.8) is 0 Å². The number of aryl methyl sites for hydroxylation is 1. The first-order valence-electron chi connectivity index (χ1n) is 6.76. The largest absolute Gasteiger partial charge is 0.317 e. The molecular formula is C12H21N5. The van der Waals surface area contributed by atoms with E-state index in [-0.39, 0.29) is 5.41 Å². The summed E-state index contributed by atoms with van der Waals surface area (Å²) < 4.78 is 0. The normalized spacial score (nSPS) is 25.2. The fourth-order valence-corrected chi connectivity index (χ4v) is 3.65. The van der Waals surface area contributed by atoms with Gasteiger partial charge in [-0.1, -0.05) is 12.8 Å². The summed E-state index contributed by atoms with van der Waals surface area (Å²) in [6.45, 7) is 2.18. The number of piperidine rings is 1. The van der Waals surface area contributed by atoms with Crippen LogP contribution in [0.5, 0.6) is 0 Å². The molecule has 0 unspecified atom stereocenters. The van der Waals surface area contributed by atoms with Crippen molar-refractivity contribution in [2.45, 2.75) is 43.9 Å². The van der Waals surface area contributed by atoms with Gasteiger partial charge in [0.25, 0.3) is 0 Å². The second kappa shape index (κ2) is 4.37. The second-order valence-corrected chi connectivity index (χ2v) is 5.49. The zero-order chi connectivity index (χ0) is 11.7. The van der Waals surface area contributed by atoms with Crippen molar-refractivity contribution >= 4 is 0 Å². The summed E-state index contributed by atoms with van der Waals surface area (Å²) in [5, 5.41) is 16.3. The lowest BCUT2D eigenvalue weighted by Crippen LogP contribution is -2.45. The van der Waals surface area contributed by atoms with Crippen molar-refractivity contribution in [2.24, 2.45) is 13.0 Å². The molecule has 1 saturated carbocycles. The predicted octanol–water partition coefficient (Wildman–Crippen LogP) is 1.02. The van der Waals surface area contributed by atoms with E-state index in [2.05, 4.69) is 20.7 Å². The highest BCUT2D eigenvalue weighted by atomic mass is 15.6. The molecule has 0 bridgehead atoms. The van der Waals surface area contributed by atoms with Crippen LogP contribution >= 0.6 is 0 Å². The van der Waals surface area contributed by atoms with Crippen LogP contribution in [0.2, 0.25) is 0 Å². The number of hydrogen-bond acceptors (Lipinski definition) is 4. The van der Waals surface area contributed by atoms with Crippen LogP contribution in [0.4, 0.5) is 0 Å². The Balaban J connectivity index is 1.94. The van der Waals surface area contributed by atoms with Gasteiger partial charge in [-0.3, -0.25) is 0 Å². The maximum atomic E-state index is 4.52. The van der Waals surface area contributed by atoms with Gasteiger partial charge in [0.2, 0.25) is 0 Å². The lowest BCUT2D eigenvalue weighted by atomic mass is 9.67. The fraction of sp³-hybridized carbons (Fsp3) is 0.917. The van der Waals surface area contributed by atoms with Gasteiger partial charge < -0.3 is 5.32 Å². The van der Waals surface area contributed by atoms with Crippen LogP contribution in [-0.4, -0.2) is 33.3 Å². The van der Waals surface area contributed by atoms with Crippen molar-refractivity contribution in [2.75, 3.05) is 13.1 Å². The van der Waals surface area contributed by atoms with E-state index in [0.29, 0.717) is 0 Å². The Labute approximate surface area is 102 Å². The molecule has 2 aliphatic rings. The van der Waals surface area contributed by atoms with Gasteiger partial charge in [0.15, 0.2) is 5.82 Å². The van der Waals surface area contributed by atoms with Crippen LogP contribution in [0.15, 0.2) is 0 Å². The number of hydrogen-bond donors (Lipinski definition) is 1. The van der Waals surface area contributed by atoms with Crippen molar-refractivity contribution < 1.29 is 0 Å². The van der Waals surface area contributed by atoms with Crippen LogP contribution in [0.1, 0.15) is 44.3 Å². The number of tetrazole rings is 1. The maximum absolute atomic E-state index is 4.52. The van der Waals surface area contributed by atoms with E-state index >= 15 is 0 Å². The van der Waals surface area contributed by atoms with Gasteiger partial charge in [-0.05, 0) is 49.9 Å². The van der Waals surface area contributed by atoms with Crippen molar-refractivity contribution in [3.05, 3.63) is 5.82 Å². The molecule has 0 amide bonds. The first kappa shape index (κ1) is 11.1. The minimum atomic E-state index is 0.204. The summed E-state index contributed by atoms with van der Waals surface area (Å²) >= 11 is 0. The number of nitrogens with zero attached hydrogens (tertiary/aromatic N) is 4. The molecule has 5 nitrogen and oxygen atoms in total. The first-order valence-corrected chi connectivity index (χ1v) is 6.76. The minimum absolute atomic E-state index is 0.204. The molecule has 0 radical (unpaired) electrons. The molecule has 5 heteroatoms. The molecular weight excluding hydrogens is 214 g/mol. The van der Waals surface area contributed by atoms with Gasteiger partial charge in [0.05, 0.1) is 7.05 Å². The monoisotopic (exact) mass is 235 g/mol. The van der Waals surface area contributed by atoms with Crippen molar-refractivity contribution in [1.29, 1.82) is 0 Å². The van der Waals surface area contributed by atoms with Crippen LogP contribution in [-0.2, 0) is 12.5 Å². The van der Waals surface area contributed by atoms with Crippen LogP contribution < -0.4 is 5.32 Å². The highest BCUT2D eigenvalue weighted by molar-refractivity contribution is 5.11. The van der Waals surface area contributed by atoms with Crippen molar-refractivity contribution in [1.82, 2.24) is 25.5 Å². The SMILES string of the molecule is Cn1nnc(C2(C3CCCC3)CCNCC2)n1. The maximum Gasteiger partial charge on any atom is 0.181 e. The summed E-state index contributed by atoms with van der Waals surface area (Å²) in [5.74, 6) is 1.77. The van der Waals surface area contributed by atoms with E-state index < -0.39 is 0 Å². The molecule has 0 atom stereocenters. The van der Waals surface area contributed by atoms with Gasteiger partial charge in [-0.15, -0.1) is 10.2 Å². The van der Waals surface area contributed by atoms with Gasteiger partial charge in [0.1, 0.15) is 0 Å². The van der Waals surface area contributed by atoms with E-state index in [9.17, 15) is 0 Å². The molecule has 2 fully saturated rings. The van der Waals surface area contributed by atoms with E-state index in [4.69, 9.17) is 0 Å². The fourth-order valence-electron chi connectivity index (χ4n) is 3.65. The average Bonchev–Trinajstić information content (AvgIpc) is 3.01. The summed E-state index contributed by atoms with van der Waals surface area (Å²) in [7, 11) is 1.86. The summed E-state index contributed by atoms with van der Waals surface area (Å²) in [6.07, 6.45) is 7.78. The predicted molar refractivity (Wildman–Crippen MR) is 64.5 cm³/mol. The Kier molecular flexibility index (Phi) is 2.86. The number of nitrogens with one attached hydrogen (secondary N) is 1. The Bertz CT molecular complexity index is 374. The molecule has 17 heavy (non-hydrogen) atoms. The number of aromatic nitrogens is 4. The number of rotatable bonds is 2. The molecule has 1 aliphatic carbocycles. The lowest BCUT2D eigenvalue weighted by Gasteiger charge is -2.40. The molecule has 0 spiro atoms. The average molecular weight is 235 g/mol. The molecule has 1 aromatic heterocycles. The van der Waals surface area contributed by atoms with E-state index in [1.165, 1.54) is 38.5 Å². The van der Waals surface area contributed by atoms with Crippen LogP contribution in [0, 0.1) is 5.92 Å². The molecule has 2 heterocycles. The third-order valence-electron chi connectivity index (χ3n) is 4.59. The lowest BCUT2D eigenvalue weighted by molar-refractivity contribution is 0.190. The third kappa shape index (κ3) is 1.86. The quantitative estimate of drug-likeness (QED) is 0.831. The van der Waals surface area contributed by atoms with Gasteiger partial charge in [-0.2, -0.15) is 4.80 Å². The summed E-state index contributed by atoms with van der Waals surface area (Å²) in [6, 6.07) is 0. The molecule has 1 N–H and O–H groups in total. The third-order valence-corrected chi connectivity index (χ3v) is 4.59. The van der Waals surface area contributed by atoms with E-state index in [0.717, 1.165) is 24.8 Å². The van der Waals surface area contributed by atoms with E-state index in [1.807, 2.05) is 7.05 Å². The Hall–Kier alpha value is -0.970. The smallest absolute Gasteiger partial charge is 0.181 e. The Morgan fingerprint density at radius 2 is 1.94 bits per heavy atom. The molecule has 3 rings (SSSR count). The van der Waals surface area contributed by atoms with Crippen LogP contribution in [0.3, 0.4) is 0 Å². The molecule has 1 saturated heterocycles. The highest BCUT2D eigenvalue weighted by Crippen LogP contribution is 2.46. The molecule has 1 aliphatic heterocycles. The Morgan fingerprint density at radius 3 is 2.53 bits per heavy atom. The second-order valence-electron chi connectivity index (χ2n) is 5.49. The zero-order valence-electron chi connectivity index (χ0n) is 10.5. The Morgan fingerprint density at radius 1 is 1.24 bits per heavy atom. The summed E-state index contributed by atoms with van der Waals surface area (Å²) in [4.78, 5) is 1.61. The van der Waals surface area contributed by atoms with Gasteiger partial charge >= 0.3 is 0 Å². The van der Waals surface area contributed by atoms with E-state index in [1.54, 1.807) is 4.80 Å². The minimum Gasteiger partial charge on any atom is -0.317 e. The van der Waals surface area contributed by atoms with Gasteiger partial charge in [0, 0.05) is 5.41 Å². The van der Waals surface area contributed by atoms with Gasteiger partial charge in [-0.25, -0.2) is 0 Å². The topological polar surface area (TPSA) is 55.6 Å². The zero-order valence-corrected chi connectivity index (χ0v) is 10.5. The highest BCUT2D eigenvalue weighted by Gasteiger charge is 2.45. The standard InChI is InChI=1S/C12H21N5/c1-17-15-11(14-16-17)12(6-8-13-9-7-12)10-4-2-3-5-10/h10,13H,2-9H2,1H3. The van der Waals surface area contributed by atoms with Crippen molar-refractivity contribution in [3.8, 4) is 0 Å². The molecule has 1 aromatic rings. The summed E-state index contributed by atoms with van der Waals surface area (Å²) in [5.41, 5.74) is 0.204. The molecule has 94 valence electrons. The van der Waals surface area contributed by atoms with Crippen LogP contribution in [0.25, 0.3) is 0 Å². The first-order chi connectivity index (χ1) is 8.31.